The Labute approximate surface area is 325 Å². The monoisotopic (exact) mass is 741 g/mol. The molecule has 5 aromatic carbocycles. The molecule has 0 spiro atoms. The molecule has 0 aromatic heterocycles. The van der Waals surface area contributed by atoms with Crippen molar-refractivity contribution in [3.05, 3.63) is 143 Å². The standard InChI is InChI=1S/C47H55N3O5/c1-32-44(30-50(4)33(2)39-24-23-37-13-7-8-14-41(37)27-39)54-47(55-46(32)38-21-19-35(31-51)20-22-38)43-17-11-16-42(28-43)40-15-10-12-36(26-40)29-49-45(53)18-6-5-9-25-48-34(3)52/h7-8,10-17,19-24,26-28,32-33,44,46-47,51H,5-6,9,18,25,29-31H2,1-4H3,(H,48,52)(H,49,53). The molecule has 6 rings (SSSR count). The van der Waals surface area contributed by atoms with Gasteiger partial charge >= 0.3 is 0 Å². The van der Waals surface area contributed by atoms with Crippen molar-refractivity contribution in [2.24, 2.45) is 5.92 Å². The van der Waals surface area contributed by atoms with E-state index in [1.165, 1.54) is 23.3 Å². The van der Waals surface area contributed by atoms with Gasteiger partial charge in [0, 0.05) is 50.5 Å². The van der Waals surface area contributed by atoms with Gasteiger partial charge in [0.2, 0.25) is 11.8 Å². The van der Waals surface area contributed by atoms with Crippen molar-refractivity contribution in [3.63, 3.8) is 0 Å². The van der Waals surface area contributed by atoms with E-state index in [9.17, 15) is 14.7 Å². The first-order valence-corrected chi connectivity index (χ1v) is 19.6. The van der Waals surface area contributed by atoms with Gasteiger partial charge in [0.25, 0.3) is 0 Å². The van der Waals surface area contributed by atoms with Crippen LogP contribution in [0.1, 0.15) is 92.7 Å². The third-order valence-electron chi connectivity index (χ3n) is 10.9. The highest BCUT2D eigenvalue weighted by molar-refractivity contribution is 5.83. The molecule has 5 unspecified atom stereocenters. The number of aliphatic hydroxyl groups excluding tert-OH is 1. The highest BCUT2D eigenvalue weighted by atomic mass is 16.7. The van der Waals surface area contributed by atoms with Gasteiger partial charge in [-0.15, -0.1) is 0 Å². The molecule has 55 heavy (non-hydrogen) atoms. The van der Waals surface area contributed by atoms with E-state index in [-0.39, 0.29) is 42.6 Å². The van der Waals surface area contributed by atoms with E-state index < -0.39 is 6.29 Å². The lowest BCUT2D eigenvalue weighted by atomic mass is 9.89. The van der Waals surface area contributed by atoms with Crippen molar-refractivity contribution >= 4 is 22.6 Å². The van der Waals surface area contributed by atoms with E-state index in [0.29, 0.717) is 26.1 Å². The molecule has 8 nitrogen and oxygen atoms in total. The minimum absolute atomic E-state index is 0.00430. The molecular weight excluding hydrogens is 687 g/mol. The van der Waals surface area contributed by atoms with Crippen molar-refractivity contribution < 1.29 is 24.2 Å². The average molecular weight is 742 g/mol. The van der Waals surface area contributed by atoms with Crippen molar-refractivity contribution in [1.82, 2.24) is 15.5 Å². The number of aliphatic hydroxyl groups is 1. The zero-order valence-electron chi connectivity index (χ0n) is 32.5. The van der Waals surface area contributed by atoms with Crippen LogP contribution in [0.15, 0.2) is 115 Å². The van der Waals surface area contributed by atoms with Gasteiger partial charge in [-0.05, 0) is 89.2 Å². The van der Waals surface area contributed by atoms with Crippen LogP contribution in [0.5, 0.6) is 0 Å². The summed E-state index contributed by atoms with van der Waals surface area (Å²) in [5.41, 5.74) is 7.24. The van der Waals surface area contributed by atoms with Gasteiger partial charge in [-0.1, -0.05) is 110 Å². The third-order valence-corrected chi connectivity index (χ3v) is 10.9. The lowest BCUT2D eigenvalue weighted by Gasteiger charge is -2.43. The topological polar surface area (TPSA) is 100 Å². The zero-order valence-corrected chi connectivity index (χ0v) is 32.5. The predicted molar refractivity (Wildman–Crippen MR) is 219 cm³/mol. The smallest absolute Gasteiger partial charge is 0.220 e. The predicted octanol–water partition coefficient (Wildman–Crippen LogP) is 8.80. The van der Waals surface area contributed by atoms with Gasteiger partial charge in [0.05, 0.1) is 18.8 Å². The summed E-state index contributed by atoms with van der Waals surface area (Å²) in [5, 5.41) is 18.0. The fourth-order valence-electron chi connectivity index (χ4n) is 7.36. The van der Waals surface area contributed by atoms with Crippen LogP contribution >= 0.6 is 0 Å². The summed E-state index contributed by atoms with van der Waals surface area (Å²) < 4.78 is 13.7. The Kier molecular flexibility index (Phi) is 13.9. The highest BCUT2D eigenvalue weighted by Crippen LogP contribution is 2.43. The molecule has 1 fully saturated rings. The Bertz CT molecular complexity index is 2030. The van der Waals surface area contributed by atoms with E-state index in [4.69, 9.17) is 9.47 Å². The maximum absolute atomic E-state index is 12.5. The summed E-state index contributed by atoms with van der Waals surface area (Å²) in [6, 6.07) is 40.0. The minimum Gasteiger partial charge on any atom is -0.392 e. The molecule has 2 amide bonds. The van der Waals surface area contributed by atoms with Gasteiger partial charge in [0.15, 0.2) is 6.29 Å². The lowest BCUT2D eigenvalue weighted by molar-refractivity contribution is -0.276. The second kappa shape index (κ2) is 19.1. The Morgan fingerprint density at radius 2 is 1.51 bits per heavy atom. The average Bonchev–Trinajstić information content (AvgIpc) is 3.21. The number of benzene rings is 5. The number of hydrogen-bond acceptors (Lipinski definition) is 6. The number of rotatable bonds is 16. The van der Waals surface area contributed by atoms with E-state index >= 15 is 0 Å². The largest absolute Gasteiger partial charge is 0.392 e. The Morgan fingerprint density at radius 1 is 0.764 bits per heavy atom. The summed E-state index contributed by atoms with van der Waals surface area (Å²) in [6.07, 6.45) is 2.09. The molecule has 0 saturated carbocycles. The number of hydrogen-bond donors (Lipinski definition) is 3. The number of ether oxygens (including phenoxy) is 2. The molecule has 1 aliphatic heterocycles. The fraction of sp³-hybridized carbons (Fsp3) is 0.362. The van der Waals surface area contributed by atoms with Gasteiger partial charge in [0.1, 0.15) is 0 Å². The van der Waals surface area contributed by atoms with Crippen LogP contribution in [0.2, 0.25) is 0 Å². The van der Waals surface area contributed by atoms with Crippen LogP contribution in [0.4, 0.5) is 0 Å². The van der Waals surface area contributed by atoms with Gasteiger partial charge in [-0.2, -0.15) is 0 Å². The minimum atomic E-state index is -0.589. The summed E-state index contributed by atoms with van der Waals surface area (Å²) >= 11 is 0. The molecule has 0 aliphatic carbocycles. The maximum Gasteiger partial charge on any atom is 0.220 e. The first kappa shape index (κ1) is 39.8. The van der Waals surface area contributed by atoms with Crippen molar-refractivity contribution in [2.75, 3.05) is 20.1 Å². The molecule has 1 saturated heterocycles. The fourth-order valence-corrected chi connectivity index (χ4v) is 7.36. The SMILES string of the molecule is CC(=O)NCCCCCC(=O)NCc1cccc(-c2cccc(C3OC(CN(C)C(C)c4ccc5ccccc5c4)C(C)C(c4ccc(CO)cc4)O3)c2)c1. The highest BCUT2D eigenvalue weighted by Gasteiger charge is 2.39. The number of likely N-dealkylation sites (N-methyl/N-ethyl adjacent to an activating group) is 1. The third kappa shape index (κ3) is 10.7. The number of nitrogens with zero attached hydrogens (tertiary/aromatic N) is 1. The number of unbranched alkanes of at least 4 members (excludes halogenated alkanes) is 2. The summed E-state index contributed by atoms with van der Waals surface area (Å²) in [5.74, 6) is 0.0595. The Balaban J connectivity index is 1.16. The summed E-state index contributed by atoms with van der Waals surface area (Å²) in [6.45, 7) is 7.77. The van der Waals surface area contributed by atoms with E-state index in [1.54, 1.807) is 0 Å². The van der Waals surface area contributed by atoms with E-state index in [2.05, 4.69) is 121 Å². The Morgan fingerprint density at radius 3 is 2.27 bits per heavy atom. The van der Waals surface area contributed by atoms with Crippen molar-refractivity contribution in [2.45, 2.75) is 84.1 Å². The van der Waals surface area contributed by atoms with Crippen LogP contribution in [0.3, 0.4) is 0 Å². The maximum atomic E-state index is 12.5. The summed E-state index contributed by atoms with van der Waals surface area (Å²) in [4.78, 5) is 25.9. The quantitative estimate of drug-likeness (QED) is 0.0875. The van der Waals surface area contributed by atoms with Crippen LogP contribution in [-0.2, 0) is 32.2 Å². The number of carbonyl (C=O) groups is 2. The van der Waals surface area contributed by atoms with E-state index in [0.717, 1.165) is 52.6 Å². The number of nitrogens with one attached hydrogen (secondary N) is 2. The van der Waals surface area contributed by atoms with Crippen LogP contribution < -0.4 is 10.6 Å². The molecule has 3 N–H and O–H groups in total. The first-order chi connectivity index (χ1) is 26.7. The van der Waals surface area contributed by atoms with Gasteiger partial charge < -0.3 is 25.2 Å². The zero-order chi connectivity index (χ0) is 38.7. The number of fused-ring (bicyclic) bond motifs is 1. The Hall–Kier alpha value is -4.86. The van der Waals surface area contributed by atoms with Gasteiger partial charge in [-0.3, -0.25) is 14.5 Å². The van der Waals surface area contributed by atoms with Crippen LogP contribution in [-0.4, -0.2) is 48.1 Å². The molecule has 8 heteroatoms. The second-order valence-corrected chi connectivity index (χ2v) is 14.9. The number of carbonyl (C=O) groups excluding carboxylic acids is 2. The van der Waals surface area contributed by atoms with Crippen LogP contribution in [0, 0.1) is 5.92 Å². The van der Waals surface area contributed by atoms with Gasteiger partial charge in [-0.25, -0.2) is 0 Å². The first-order valence-electron chi connectivity index (χ1n) is 19.6. The molecule has 288 valence electrons. The number of amides is 2. The van der Waals surface area contributed by atoms with Crippen LogP contribution in [0.25, 0.3) is 21.9 Å². The summed E-state index contributed by atoms with van der Waals surface area (Å²) in [7, 11) is 2.16. The lowest BCUT2D eigenvalue weighted by Crippen LogP contribution is -2.44. The normalized spacial score (nSPS) is 18.9. The molecule has 0 bridgehead atoms. The molecule has 0 radical (unpaired) electrons. The molecule has 5 aromatic rings. The molecule has 1 heterocycles. The molecule has 1 aliphatic rings. The molecular formula is C47H55N3O5. The van der Waals surface area contributed by atoms with Crippen molar-refractivity contribution in [3.8, 4) is 11.1 Å². The second-order valence-electron chi connectivity index (χ2n) is 14.9. The van der Waals surface area contributed by atoms with Crippen molar-refractivity contribution in [1.29, 1.82) is 0 Å². The molecule has 5 atom stereocenters. The van der Waals surface area contributed by atoms with E-state index in [1.807, 2.05) is 30.3 Å².